The maximum atomic E-state index is 7.40. The number of hydrogen-bond donors (Lipinski definition) is 0. The number of likely N-dealkylation sites (tertiary alicyclic amines) is 4. The fourth-order valence-electron chi connectivity index (χ4n) is 12.8. The van der Waals surface area contributed by atoms with Crippen LogP contribution in [0.4, 0.5) is 0 Å². The molecule has 0 atom stereocenters. The molecule has 4 aromatic carbocycles. The van der Waals surface area contributed by atoms with E-state index in [4.69, 9.17) is 67.8 Å². The third kappa shape index (κ3) is 16.2. The average Bonchev–Trinajstić information content (AvgIpc) is 1.39. The minimum absolute atomic E-state index is 0.192. The van der Waals surface area contributed by atoms with E-state index in [0.29, 0.717) is 52.1 Å². The molecule has 1 aliphatic carbocycles. The van der Waals surface area contributed by atoms with Crippen molar-refractivity contribution in [1.82, 2.24) is 19.6 Å². The number of ether oxygens (including phenoxy) is 4. The first kappa shape index (κ1) is 64.1. The molecule has 0 N–H and O–H groups in total. The van der Waals surface area contributed by atoms with Gasteiger partial charge in [-0.05, 0) is 165 Å². The van der Waals surface area contributed by atoms with Gasteiger partial charge in [-0.3, -0.25) is 0 Å². The number of piperidine rings is 4. The third-order valence-corrected chi connectivity index (χ3v) is 19.7. The lowest BCUT2D eigenvalue weighted by Gasteiger charge is -2.32. The molecule has 4 aromatic rings. The highest BCUT2D eigenvalue weighted by Crippen LogP contribution is 2.45. The lowest BCUT2D eigenvalue weighted by atomic mass is 9.79. The Morgan fingerprint density at radius 2 is 0.440 bits per heavy atom. The second-order valence-electron chi connectivity index (χ2n) is 29.1. The van der Waals surface area contributed by atoms with Gasteiger partial charge in [0.15, 0.2) is 0 Å². The molecule has 5 aliphatic rings. The summed E-state index contributed by atoms with van der Waals surface area (Å²) in [4.78, 5) is 12.9. The molecule has 0 amide bonds. The Kier molecular flexibility index (Phi) is 20.9. The number of rotatable bonds is 12. The van der Waals surface area contributed by atoms with Crippen molar-refractivity contribution in [2.75, 3.05) is 78.8 Å². The van der Waals surface area contributed by atoms with Crippen molar-refractivity contribution < 1.29 is 18.9 Å². The number of thiocarbonyl (C=S) groups is 4. The Hall–Kier alpha value is -4.36. The molecule has 8 nitrogen and oxygen atoms in total. The summed E-state index contributed by atoms with van der Waals surface area (Å²) in [5.74, 6) is 3.52. The van der Waals surface area contributed by atoms with Gasteiger partial charge in [-0.2, -0.15) is 0 Å². The van der Waals surface area contributed by atoms with Crippen molar-refractivity contribution in [2.45, 2.75) is 207 Å². The summed E-state index contributed by atoms with van der Waals surface area (Å²) >= 11 is 25.3. The normalized spacial score (nSPS) is 17.4. The molecule has 12 heteroatoms. The van der Waals surface area contributed by atoms with E-state index in [2.05, 4.69) is 151 Å². The molecule has 4 heterocycles. The molecule has 9 rings (SSSR count). The Morgan fingerprint density at radius 3 is 0.583 bits per heavy atom. The molecule has 84 heavy (non-hydrogen) atoms. The summed E-state index contributed by atoms with van der Waals surface area (Å²) < 4.78 is 29.6. The summed E-state index contributed by atoms with van der Waals surface area (Å²) in [6.07, 6.45) is 16.3. The molecule has 0 aromatic heterocycles. The topological polar surface area (TPSA) is 49.9 Å². The molecule has 4 fully saturated rings. The van der Waals surface area contributed by atoms with Gasteiger partial charge in [-0.25, -0.2) is 0 Å². The van der Waals surface area contributed by atoms with E-state index in [9.17, 15) is 0 Å². The van der Waals surface area contributed by atoms with Crippen LogP contribution in [0.15, 0.2) is 48.5 Å². The van der Waals surface area contributed by atoms with Crippen LogP contribution in [0, 0.1) is 0 Å². The van der Waals surface area contributed by atoms with Crippen LogP contribution < -0.4 is 18.9 Å². The monoisotopic (exact) mass is 1210 g/mol. The summed E-state index contributed by atoms with van der Waals surface area (Å²) in [5.41, 5.74) is 13.1. The number of hydrogen-bond acceptors (Lipinski definition) is 8. The maximum absolute atomic E-state index is 7.40. The van der Waals surface area contributed by atoms with Gasteiger partial charge < -0.3 is 38.5 Å². The SMILES string of the molecule is CC(C)(C)c1cc2c(OCC(=S)N3CCCCC3)c(c1)Cc1cc(C(C)(C)C)cc(c1OCC(=S)N1CCCCC1)Cc1cc(C(C)(C)C)cc(c1OCC(=S)N1CCCCC1)Cc1cc(C(C)(C)C)cc(c1OCC(=S)N1CCCCC1)C2. The van der Waals surface area contributed by atoms with Crippen molar-refractivity contribution in [3.05, 3.63) is 115 Å². The van der Waals surface area contributed by atoms with E-state index in [-0.39, 0.29) is 21.7 Å². The van der Waals surface area contributed by atoms with E-state index in [1.807, 2.05) is 0 Å². The molecule has 4 aliphatic heterocycles. The Balaban J connectivity index is 1.33. The van der Waals surface area contributed by atoms with Crippen LogP contribution in [0.5, 0.6) is 23.0 Å². The molecule has 0 spiro atoms. The van der Waals surface area contributed by atoms with Crippen molar-refractivity contribution >= 4 is 68.8 Å². The Morgan fingerprint density at radius 1 is 0.286 bits per heavy atom. The molecule has 8 bridgehead atoms. The molecule has 4 saturated heterocycles. The van der Waals surface area contributed by atoms with Crippen LogP contribution in [0.25, 0.3) is 0 Å². The third-order valence-electron chi connectivity index (χ3n) is 18.2. The van der Waals surface area contributed by atoms with Gasteiger partial charge >= 0.3 is 0 Å². The minimum atomic E-state index is -0.192. The van der Waals surface area contributed by atoms with E-state index < -0.39 is 0 Å². The highest BCUT2D eigenvalue weighted by molar-refractivity contribution is 7.81. The second-order valence-corrected chi connectivity index (χ2v) is 31.0. The molecule has 0 saturated carbocycles. The Bertz CT molecular complexity index is 2530. The smallest absolute Gasteiger partial charge is 0.138 e. The maximum Gasteiger partial charge on any atom is 0.138 e. The van der Waals surface area contributed by atoms with Crippen LogP contribution in [-0.2, 0) is 47.3 Å². The van der Waals surface area contributed by atoms with E-state index in [1.165, 1.54) is 47.9 Å². The standard InChI is InChI=1S/C72H100N4O4S4/c1-69(2,3)57-37-49-33-51-39-58(70(4,5)6)41-53(66(51)78-46-62(82)74-27-19-14-20-28-74)35-55-43-60(72(10,11)12)44-56(68(55)80-48-64(84)76-31-23-16-24-32-76)36-54-42-59(71(7,8)9)40-52(67(54)79-47-63(83)75-29-21-15-22-30-75)34-50(38-57)65(49)77-45-61(81)73-25-17-13-18-26-73/h37-44H,13-36,45-48H2,1-12H3. The fourth-order valence-corrected chi connectivity index (χ4v) is 13.8. The van der Waals surface area contributed by atoms with Gasteiger partial charge in [0, 0.05) is 78.0 Å². The van der Waals surface area contributed by atoms with E-state index in [1.54, 1.807) is 0 Å². The summed E-state index contributed by atoms with van der Waals surface area (Å²) in [5, 5.41) is 0. The molecule has 456 valence electrons. The second kappa shape index (κ2) is 27.4. The predicted octanol–water partition coefficient (Wildman–Crippen LogP) is 16.3. The van der Waals surface area contributed by atoms with Crippen molar-refractivity contribution in [3.63, 3.8) is 0 Å². The van der Waals surface area contributed by atoms with Crippen LogP contribution in [0.3, 0.4) is 0 Å². The van der Waals surface area contributed by atoms with E-state index >= 15 is 0 Å². The average molecular weight is 1210 g/mol. The summed E-state index contributed by atoms with van der Waals surface area (Å²) in [6, 6.07) is 19.3. The Labute approximate surface area is 528 Å². The van der Waals surface area contributed by atoms with Gasteiger partial charge in [-0.1, -0.05) is 180 Å². The first-order valence-electron chi connectivity index (χ1n) is 32.1. The first-order valence-corrected chi connectivity index (χ1v) is 33.7. The van der Waals surface area contributed by atoms with Crippen LogP contribution in [-0.4, -0.2) is 118 Å². The van der Waals surface area contributed by atoms with E-state index in [0.717, 1.165) is 191 Å². The van der Waals surface area contributed by atoms with Gasteiger partial charge in [0.25, 0.3) is 0 Å². The lowest BCUT2D eigenvalue weighted by molar-refractivity contribution is 0.303. The predicted molar refractivity (Wildman–Crippen MR) is 366 cm³/mol. The summed E-state index contributed by atoms with van der Waals surface area (Å²) in [6.45, 7) is 36.9. The zero-order chi connectivity index (χ0) is 60.1. The highest BCUT2D eigenvalue weighted by atomic mass is 32.1. The number of nitrogens with zero attached hydrogens (tertiary/aromatic N) is 4. The molecule has 0 radical (unpaired) electrons. The van der Waals surface area contributed by atoms with Gasteiger partial charge in [0.1, 0.15) is 69.4 Å². The number of fused-ring (bicyclic) bond motifs is 8. The summed E-state index contributed by atoms with van der Waals surface area (Å²) in [7, 11) is 0. The first-order chi connectivity index (χ1) is 39.8. The molecular formula is C72H100N4O4S4. The van der Waals surface area contributed by atoms with Crippen LogP contribution in [0.1, 0.15) is 227 Å². The van der Waals surface area contributed by atoms with Gasteiger partial charge in [-0.15, -0.1) is 0 Å². The van der Waals surface area contributed by atoms with Gasteiger partial charge in [0.05, 0.1) is 0 Å². The molecule has 0 unspecified atom stereocenters. The molecular weight excluding hydrogens is 1110 g/mol. The quantitative estimate of drug-likeness (QED) is 0.112. The zero-order valence-corrected chi connectivity index (χ0v) is 56.7. The minimum Gasteiger partial charge on any atom is -0.486 e. The van der Waals surface area contributed by atoms with Crippen LogP contribution in [0.2, 0.25) is 0 Å². The fraction of sp³-hybridized carbons (Fsp3) is 0.611. The van der Waals surface area contributed by atoms with Crippen molar-refractivity contribution in [3.8, 4) is 23.0 Å². The zero-order valence-electron chi connectivity index (χ0n) is 53.5. The van der Waals surface area contributed by atoms with Crippen molar-refractivity contribution in [2.24, 2.45) is 0 Å². The van der Waals surface area contributed by atoms with Crippen LogP contribution >= 0.6 is 48.9 Å². The van der Waals surface area contributed by atoms with Crippen molar-refractivity contribution in [1.29, 1.82) is 0 Å². The number of benzene rings is 4. The van der Waals surface area contributed by atoms with Gasteiger partial charge in [0.2, 0.25) is 0 Å². The largest absolute Gasteiger partial charge is 0.486 e. The highest BCUT2D eigenvalue weighted by Gasteiger charge is 2.31. The lowest BCUT2D eigenvalue weighted by Crippen LogP contribution is -2.37.